The molecule has 20 heavy (non-hydrogen) atoms. The van der Waals surface area contributed by atoms with Gasteiger partial charge in [-0.2, -0.15) is 0 Å². The first kappa shape index (κ1) is 20.0. The molecule has 1 radical (unpaired) electrons. The molecule has 121 valence electrons. The highest BCUT2D eigenvalue weighted by Gasteiger charge is 2.15. The summed E-state index contributed by atoms with van der Waals surface area (Å²) >= 11 is 0. The van der Waals surface area contributed by atoms with Gasteiger partial charge in [-0.25, -0.2) is 0 Å². The lowest BCUT2D eigenvalue weighted by Gasteiger charge is -2.23. The van der Waals surface area contributed by atoms with Crippen LogP contribution in [0.1, 0.15) is 111 Å². The minimum Gasteiger partial charge on any atom is -0.0654 e. The Balaban J connectivity index is 3.98. The molecule has 0 N–H and O–H groups in total. The fraction of sp³-hybridized carbons (Fsp3) is 0.950. The van der Waals surface area contributed by atoms with Crippen LogP contribution >= 0.6 is 0 Å². The van der Waals surface area contributed by atoms with Crippen molar-refractivity contribution in [3.63, 3.8) is 0 Å². The van der Waals surface area contributed by atoms with E-state index in [-0.39, 0.29) is 0 Å². The van der Waals surface area contributed by atoms with Crippen LogP contribution in [-0.2, 0) is 0 Å². The summed E-state index contributed by atoms with van der Waals surface area (Å²) in [7, 11) is 0. The summed E-state index contributed by atoms with van der Waals surface area (Å²) in [5.41, 5.74) is 0. The van der Waals surface area contributed by atoms with Crippen LogP contribution in [0.5, 0.6) is 0 Å². The molecule has 0 rings (SSSR count). The first-order valence-corrected chi connectivity index (χ1v) is 9.63. The van der Waals surface area contributed by atoms with Crippen LogP contribution in [0.2, 0.25) is 0 Å². The van der Waals surface area contributed by atoms with Gasteiger partial charge in [0.2, 0.25) is 0 Å². The van der Waals surface area contributed by atoms with E-state index in [1.54, 1.807) is 0 Å². The van der Waals surface area contributed by atoms with E-state index in [1.165, 1.54) is 83.5 Å². The summed E-state index contributed by atoms with van der Waals surface area (Å²) in [6.45, 7) is 9.31. The Hall–Kier alpha value is 0. The van der Waals surface area contributed by atoms with E-state index in [0.29, 0.717) is 0 Å². The summed E-state index contributed by atoms with van der Waals surface area (Å²) in [5, 5.41) is 0. The zero-order chi connectivity index (χ0) is 15.1. The van der Waals surface area contributed by atoms with Crippen molar-refractivity contribution in [1.82, 2.24) is 0 Å². The minimum atomic E-state index is 0.896. The van der Waals surface area contributed by atoms with E-state index in [4.69, 9.17) is 0 Å². The van der Waals surface area contributed by atoms with Crippen molar-refractivity contribution in [3.05, 3.63) is 6.42 Å². The predicted molar refractivity (Wildman–Crippen MR) is 94.0 cm³/mol. The van der Waals surface area contributed by atoms with Gasteiger partial charge >= 0.3 is 0 Å². The van der Waals surface area contributed by atoms with Gasteiger partial charge in [-0.3, -0.25) is 0 Å². The molecule has 0 saturated carbocycles. The number of unbranched alkanes of at least 4 members (excludes halogenated alkanes) is 5. The lowest BCUT2D eigenvalue weighted by Crippen LogP contribution is -2.11. The summed E-state index contributed by atoms with van der Waals surface area (Å²) in [6, 6.07) is 0. The van der Waals surface area contributed by atoms with E-state index >= 15 is 0 Å². The fourth-order valence-corrected chi connectivity index (χ4v) is 3.28. The normalized spacial score (nSPS) is 14.4. The van der Waals surface area contributed by atoms with Gasteiger partial charge < -0.3 is 0 Å². The highest BCUT2D eigenvalue weighted by Crippen LogP contribution is 2.28. The van der Waals surface area contributed by atoms with Crippen molar-refractivity contribution >= 4 is 0 Å². The van der Waals surface area contributed by atoms with Crippen LogP contribution in [0.4, 0.5) is 0 Å². The van der Waals surface area contributed by atoms with Gasteiger partial charge in [0.1, 0.15) is 0 Å². The van der Waals surface area contributed by atoms with Crippen LogP contribution in [-0.4, -0.2) is 0 Å². The first-order valence-electron chi connectivity index (χ1n) is 9.63. The van der Waals surface area contributed by atoms with Crippen molar-refractivity contribution < 1.29 is 0 Å². The van der Waals surface area contributed by atoms with Crippen molar-refractivity contribution in [3.8, 4) is 0 Å². The van der Waals surface area contributed by atoms with Crippen LogP contribution in [0.25, 0.3) is 0 Å². The monoisotopic (exact) mass is 281 g/mol. The maximum absolute atomic E-state index is 2.75. The fourth-order valence-electron chi connectivity index (χ4n) is 3.28. The largest absolute Gasteiger partial charge is 0.0654 e. The lowest BCUT2D eigenvalue weighted by atomic mass is 9.83. The molecular formula is C20H41. The summed E-state index contributed by atoms with van der Waals surface area (Å²) in [4.78, 5) is 0. The molecule has 0 aromatic rings. The number of rotatable bonds is 15. The number of hydrogen-bond acceptors (Lipinski definition) is 0. The van der Waals surface area contributed by atoms with Crippen molar-refractivity contribution in [2.45, 2.75) is 111 Å². The third-order valence-electron chi connectivity index (χ3n) is 4.47. The van der Waals surface area contributed by atoms with E-state index in [2.05, 4.69) is 34.1 Å². The van der Waals surface area contributed by atoms with Gasteiger partial charge in [-0.15, -0.1) is 0 Å². The van der Waals surface area contributed by atoms with Gasteiger partial charge in [-0.1, -0.05) is 111 Å². The van der Waals surface area contributed by atoms with E-state index in [9.17, 15) is 0 Å². The third-order valence-corrected chi connectivity index (χ3v) is 4.47. The second kappa shape index (κ2) is 15.4. The molecular weight excluding hydrogens is 240 g/mol. The smallest absolute Gasteiger partial charge is 0.0324 e. The van der Waals surface area contributed by atoms with Gasteiger partial charge in [-0.05, 0) is 18.3 Å². The third kappa shape index (κ3) is 11.8. The molecule has 0 aromatic heterocycles. The van der Waals surface area contributed by atoms with Gasteiger partial charge in [0.05, 0.1) is 0 Å². The number of hydrogen-bond donors (Lipinski definition) is 0. The van der Waals surface area contributed by atoms with Crippen LogP contribution < -0.4 is 0 Å². The second-order valence-electron chi connectivity index (χ2n) is 6.64. The van der Waals surface area contributed by atoms with E-state index in [1.807, 2.05) is 0 Å². The first-order chi connectivity index (χ1) is 9.78. The zero-order valence-corrected chi connectivity index (χ0v) is 14.9. The Bertz CT molecular complexity index is 173. The van der Waals surface area contributed by atoms with Gasteiger partial charge in [0.25, 0.3) is 0 Å². The quantitative estimate of drug-likeness (QED) is 0.271. The van der Waals surface area contributed by atoms with Crippen LogP contribution in [0, 0.1) is 18.3 Å². The van der Waals surface area contributed by atoms with E-state index in [0.717, 1.165) is 11.8 Å². The molecule has 0 aliphatic heterocycles. The Kier molecular flexibility index (Phi) is 15.4. The molecule has 2 unspecified atom stereocenters. The summed E-state index contributed by atoms with van der Waals surface area (Å²) < 4.78 is 0. The SMILES string of the molecule is CCCCCCCC([CH]C(CCC)CCCC)CCC. The average molecular weight is 282 g/mol. The maximum Gasteiger partial charge on any atom is -0.0324 e. The molecule has 0 amide bonds. The highest BCUT2D eigenvalue weighted by atomic mass is 14.2. The second-order valence-corrected chi connectivity index (χ2v) is 6.64. The molecule has 0 spiro atoms. The molecule has 0 fully saturated rings. The average Bonchev–Trinajstić information content (AvgIpc) is 2.44. The Labute approximate surface area is 130 Å². The molecule has 0 aliphatic carbocycles. The molecule has 0 saturated heterocycles. The molecule has 0 heterocycles. The van der Waals surface area contributed by atoms with Gasteiger partial charge in [0, 0.05) is 0 Å². The minimum absolute atomic E-state index is 0.896. The Morgan fingerprint density at radius 1 is 0.500 bits per heavy atom. The summed E-state index contributed by atoms with van der Waals surface area (Å²) in [6.07, 6.45) is 21.1. The topological polar surface area (TPSA) is 0 Å². The van der Waals surface area contributed by atoms with Crippen molar-refractivity contribution in [2.24, 2.45) is 11.8 Å². The molecule has 0 heteroatoms. The summed E-state index contributed by atoms with van der Waals surface area (Å²) in [5.74, 6) is 1.79. The zero-order valence-electron chi connectivity index (χ0n) is 14.9. The Morgan fingerprint density at radius 2 is 1.00 bits per heavy atom. The van der Waals surface area contributed by atoms with Crippen molar-refractivity contribution in [2.75, 3.05) is 0 Å². The molecule has 2 atom stereocenters. The standard InChI is InChI=1S/C20H41/c1-5-9-11-12-13-17-20(15-8-4)18-19(14-7-3)16-10-6-2/h18-20H,5-17H2,1-4H3. The van der Waals surface area contributed by atoms with Crippen LogP contribution in [0.3, 0.4) is 0 Å². The molecule has 0 aromatic carbocycles. The maximum atomic E-state index is 2.75. The van der Waals surface area contributed by atoms with E-state index < -0.39 is 0 Å². The highest BCUT2D eigenvalue weighted by molar-refractivity contribution is 4.83. The van der Waals surface area contributed by atoms with Crippen LogP contribution in [0.15, 0.2) is 0 Å². The molecule has 0 nitrogen and oxygen atoms in total. The van der Waals surface area contributed by atoms with Gasteiger partial charge in [0.15, 0.2) is 0 Å². The predicted octanol–water partition coefficient (Wildman–Crippen LogP) is 7.57. The molecule has 0 aliphatic rings. The molecule has 0 bridgehead atoms. The Morgan fingerprint density at radius 3 is 1.50 bits per heavy atom. The lowest BCUT2D eigenvalue weighted by molar-refractivity contribution is 0.382. The van der Waals surface area contributed by atoms with Crippen molar-refractivity contribution in [1.29, 1.82) is 0 Å².